The van der Waals surface area contributed by atoms with Gasteiger partial charge in [-0.25, -0.2) is 0 Å². The molecule has 0 radical (unpaired) electrons. The molecule has 3 heteroatoms. The predicted molar refractivity (Wildman–Crippen MR) is 71.3 cm³/mol. The largest absolute Gasteiger partial charge is 0.381 e. The number of ether oxygens (including phenoxy) is 1. The van der Waals surface area contributed by atoms with E-state index in [9.17, 15) is 0 Å². The van der Waals surface area contributed by atoms with Gasteiger partial charge in [0.2, 0.25) is 0 Å². The van der Waals surface area contributed by atoms with Crippen molar-refractivity contribution < 1.29 is 4.74 Å². The standard InChI is InChI=1S/C14H28N2O/c1-14(2,10-15-12-4-5-12)11-16(3)13-6-8-17-9-7-13/h12-13,15H,4-11H2,1-3H3. The first-order valence-electron chi connectivity index (χ1n) is 7.08. The van der Waals surface area contributed by atoms with Crippen LogP contribution in [0.4, 0.5) is 0 Å². The number of nitrogens with one attached hydrogen (secondary N) is 1. The molecule has 0 atom stereocenters. The van der Waals surface area contributed by atoms with E-state index in [1.165, 1.54) is 32.2 Å². The van der Waals surface area contributed by atoms with Crippen LogP contribution in [-0.2, 0) is 4.74 Å². The highest BCUT2D eigenvalue weighted by molar-refractivity contribution is 4.86. The first-order valence-corrected chi connectivity index (χ1v) is 7.08. The molecular weight excluding hydrogens is 212 g/mol. The zero-order valence-electron chi connectivity index (χ0n) is 11.7. The van der Waals surface area contributed by atoms with Crippen LogP contribution in [0.25, 0.3) is 0 Å². The van der Waals surface area contributed by atoms with Crippen LogP contribution in [-0.4, -0.2) is 50.3 Å². The maximum absolute atomic E-state index is 5.43. The Hall–Kier alpha value is -0.120. The summed E-state index contributed by atoms with van der Waals surface area (Å²) in [7, 11) is 2.27. The van der Waals surface area contributed by atoms with Crippen molar-refractivity contribution in [3.05, 3.63) is 0 Å². The van der Waals surface area contributed by atoms with Crippen molar-refractivity contribution in [3.63, 3.8) is 0 Å². The van der Waals surface area contributed by atoms with E-state index in [1.54, 1.807) is 0 Å². The van der Waals surface area contributed by atoms with Gasteiger partial charge < -0.3 is 15.0 Å². The lowest BCUT2D eigenvalue weighted by molar-refractivity contribution is 0.0313. The minimum absolute atomic E-state index is 0.371. The van der Waals surface area contributed by atoms with E-state index in [1.807, 2.05) is 0 Å². The lowest BCUT2D eigenvalue weighted by atomic mass is 9.91. The topological polar surface area (TPSA) is 24.5 Å². The number of rotatable bonds is 6. The number of hydrogen-bond donors (Lipinski definition) is 1. The molecular formula is C14H28N2O. The summed E-state index contributed by atoms with van der Waals surface area (Å²) in [5, 5.41) is 3.65. The van der Waals surface area contributed by atoms with Gasteiger partial charge in [-0.2, -0.15) is 0 Å². The van der Waals surface area contributed by atoms with E-state index in [0.717, 1.165) is 31.8 Å². The van der Waals surface area contributed by atoms with Crippen LogP contribution >= 0.6 is 0 Å². The van der Waals surface area contributed by atoms with E-state index >= 15 is 0 Å². The molecule has 2 fully saturated rings. The van der Waals surface area contributed by atoms with Gasteiger partial charge in [-0.05, 0) is 38.1 Å². The molecule has 2 aliphatic rings. The second kappa shape index (κ2) is 5.68. The Morgan fingerprint density at radius 1 is 1.18 bits per heavy atom. The van der Waals surface area contributed by atoms with Crippen molar-refractivity contribution >= 4 is 0 Å². The Balaban J connectivity index is 1.72. The number of hydrogen-bond acceptors (Lipinski definition) is 3. The monoisotopic (exact) mass is 240 g/mol. The second-order valence-corrected chi connectivity index (χ2v) is 6.58. The van der Waals surface area contributed by atoms with Crippen molar-refractivity contribution in [1.29, 1.82) is 0 Å². The molecule has 0 unspecified atom stereocenters. The molecule has 0 bridgehead atoms. The SMILES string of the molecule is CN(CC(C)(C)CNC1CC1)C1CCOCC1. The highest BCUT2D eigenvalue weighted by Gasteiger charge is 2.28. The molecule has 2 rings (SSSR count). The highest BCUT2D eigenvalue weighted by Crippen LogP contribution is 2.24. The highest BCUT2D eigenvalue weighted by atomic mass is 16.5. The van der Waals surface area contributed by atoms with Gasteiger partial charge >= 0.3 is 0 Å². The molecule has 1 saturated heterocycles. The minimum atomic E-state index is 0.371. The molecule has 1 aliphatic heterocycles. The predicted octanol–water partition coefficient (Wildman–Crippen LogP) is 1.88. The lowest BCUT2D eigenvalue weighted by Crippen LogP contribution is -2.45. The van der Waals surface area contributed by atoms with Crippen LogP contribution in [0.5, 0.6) is 0 Å². The van der Waals surface area contributed by atoms with Crippen molar-refractivity contribution in [2.24, 2.45) is 5.41 Å². The van der Waals surface area contributed by atoms with Crippen LogP contribution in [0, 0.1) is 5.41 Å². The summed E-state index contributed by atoms with van der Waals surface area (Å²) >= 11 is 0. The molecule has 0 aromatic heterocycles. The molecule has 100 valence electrons. The Labute approximate surface area is 106 Å². The van der Waals surface area contributed by atoms with Crippen molar-refractivity contribution in [2.75, 3.05) is 33.4 Å². The third-order valence-electron chi connectivity index (χ3n) is 3.94. The molecule has 3 nitrogen and oxygen atoms in total. The fraction of sp³-hybridized carbons (Fsp3) is 1.00. The Bertz CT molecular complexity index is 232. The summed E-state index contributed by atoms with van der Waals surface area (Å²) in [6.07, 6.45) is 5.16. The molecule has 0 aromatic carbocycles. The molecule has 0 amide bonds. The van der Waals surface area contributed by atoms with Gasteiger partial charge in [0.15, 0.2) is 0 Å². The average Bonchev–Trinajstić information content (AvgIpc) is 3.11. The summed E-state index contributed by atoms with van der Waals surface area (Å²) < 4.78 is 5.43. The Morgan fingerprint density at radius 3 is 2.41 bits per heavy atom. The van der Waals surface area contributed by atoms with Gasteiger partial charge in [0.1, 0.15) is 0 Å². The van der Waals surface area contributed by atoms with Crippen LogP contribution in [0.15, 0.2) is 0 Å². The van der Waals surface area contributed by atoms with Gasteiger partial charge in [-0.3, -0.25) is 0 Å². The zero-order chi connectivity index (χ0) is 12.3. The van der Waals surface area contributed by atoms with Crippen molar-refractivity contribution in [1.82, 2.24) is 10.2 Å². The molecule has 17 heavy (non-hydrogen) atoms. The zero-order valence-corrected chi connectivity index (χ0v) is 11.7. The summed E-state index contributed by atoms with van der Waals surface area (Å²) in [4.78, 5) is 2.54. The lowest BCUT2D eigenvalue weighted by Gasteiger charge is -2.37. The summed E-state index contributed by atoms with van der Waals surface area (Å²) in [5.41, 5.74) is 0.371. The Kier molecular flexibility index (Phi) is 4.45. The molecule has 1 heterocycles. The maximum Gasteiger partial charge on any atom is 0.0480 e. The third-order valence-corrected chi connectivity index (χ3v) is 3.94. The van der Waals surface area contributed by atoms with E-state index < -0.39 is 0 Å². The van der Waals surface area contributed by atoms with E-state index in [0.29, 0.717) is 5.41 Å². The molecule has 1 N–H and O–H groups in total. The van der Waals surface area contributed by atoms with E-state index in [2.05, 4.69) is 31.1 Å². The Morgan fingerprint density at radius 2 is 1.82 bits per heavy atom. The molecule has 1 aliphatic carbocycles. The fourth-order valence-corrected chi connectivity index (χ4v) is 2.69. The first-order chi connectivity index (χ1) is 8.07. The van der Waals surface area contributed by atoms with Gasteiger partial charge in [0.25, 0.3) is 0 Å². The quantitative estimate of drug-likeness (QED) is 0.767. The van der Waals surface area contributed by atoms with Crippen LogP contribution in [0.3, 0.4) is 0 Å². The van der Waals surface area contributed by atoms with E-state index in [4.69, 9.17) is 4.74 Å². The van der Waals surface area contributed by atoms with Crippen LogP contribution in [0.1, 0.15) is 39.5 Å². The maximum atomic E-state index is 5.43. The summed E-state index contributed by atoms with van der Waals surface area (Å²) in [6, 6.07) is 1.55. The molecule has 0 aromatic rings. The van der Waals surface area contributed by atoms with Crippen LogP contribution < -0.4 is 5.32 Å². The van der Waals surface area contributed by atoms with Crippen LogP contribution in [0.2, 0.25) is 0 Å². The van der Waals surface area contributed by atoms with E-state index in [-0.39, 0.29) is 0 Å². The second-order valence-electron chi connectivity index (χ2n) is 6.58. The van der Waals surface area contributed by atoms with Crippen molar-refractivity contribution in [3.8, 4) is 0 Å². The average molecular weight is 240 g/mol. The number of nitrogens with zero attached hydrogens (tertiary/aromatic N) is 1. The smallest absolute Gasteiger partial charge is 0.0480 e. The molecule has 0 spiro atoms. The van der Waals surface area contributed by atoms with Gasteiger partial charge in [-0.1, -0.05) is 13.8 Å². The first kappa shape index (κ1) is 13.3. The third kappa shape index (κ3) is 4.57. The minimum Gasteiger partial charge on any atom is -0.381 e. The fourth-order valence-electron chi connectivity index (χ4n) is 2.69. The van der Waals surface area contributed by atoms with Gasteiger partial charge in [0, 0.05) is 38.4 Å². The van der Waals surface area contributed by atoms with Crippen molar-refractivity contribution in [2.45, 2.75) is 51.6 Å². The van der Waals surface area contributed by atoms with Gasteiger partial charge in [-0.15, -0.1) is 0 Å². The summed E-state index contributed by atoms with van der Waals surface area (Å²) in [6.45, 7) is 8.95. The normalized spacial score (nSPS) is 23.3. The van der Waals surface area contributed by atoms with Gasteiger partial charge in [0.05, 0.1) is 0 Å². The summed E-state index contributed by atoms with van der Waals surface area (Å²) in [5.74, 6) is 0. The molecule has 1 saturated carbocycles.